The van der Waals surface area contributed by atoms with E-state index in [1.54, 1.807) is 0 Å². The summed E-state index contributed by atoms with van der Waals surface area (Å²) in [6.45, 7) is 8.01. The normalized spacial score (nSPS) is 19.1. The summed E-state index contributed by atoms with van der Waals surface area (Å²) in [5.74, 6) is 0. The molecule has 1 saturated carbocycles. The third-order valence-electron chi connectivity index (χ3n) is 4.98. The Kier molecular flexibility index (Phi) is 5.65. The maximum Gasteiger partial charge on any atom is 0.0374 e. The van der Waals surface area contributed by atoms with Gasteiger partial charge >= 0.3 is 0 Å². The summed E-state index contributed by atoms with van der Waals surface area (Å²) >= 11 is 0. The van der Waals surface area contributed by atoms with Crippen molar-refractivity contribution in [3.63, 3.8) is 0 Å². The maximum atomic E-state index is 3.74. The first-order valence-electron chi connectivity index (χ1n) is 8.52. The molecule has 112 valence electrons. The van der Waals surface area contributed by atoms with E-state index in [0.717, 1.165) is 6.54 Å². The lowest BCUT2D eigenvalue weighted by Crippen LogP contribution is -2.34. The van der Waals surface area contributed by atoms with Crippen molar-refractivity contribution in [2.75, 3.05) is 6.54 Å². The predicted octanol–water partition coefficient (Wildman–Crippen LogP) is 5.26. The first-order valence-corrected chi connectivity index (χ1v) is 8.52. The lowest BCUT2D eigenvalue weighted by molar-refractivity contribution is 0.226. The molecule has 1 aliphatic rings. The molecule has 1 heteroatoms. The molecule has 0 bridgehead atoms. The standard InChI is InChI=1S/C19H31N/c1-4-6-9-16-10-12-17(13-11-16)18(20-5-2)19(3)14-7-8-15-19/h10-13,18,20H,4-9,14-15H2,1-3H3. The van der Waals surface area contributed by atoms with Crippen molar-refractivity contribution >= 4 is 0 Å². The van der Waals surface area contributed by atoms with Crippen LogP contribution in [0.2, 0.25) is 0 Å². The average molecular weight is 273 g/mol. The second kappa shape index (κ2) is 7.26. The van der Waals surface area contributed by atoms with E-state index in [9.17, 15) is 0 Å². The van der Waals surface area contributed by atoms with Gasteiger partial charge in [0.2, 0.25) is 0 Å². The van der Waals surface area contributed by atoms with Crippen LogP contribution in [0, 0.1) is 5.41 Å². The predicted molar refractivity (Wildman–Crippen MR) is 88.0 cm³/mol. The Hall–Kier alpha value is -0.820. The molecule has 1 aliphatic carbocycles. The van der Waals surface area contributed by atoms with Gasteiger partial charge in [-0.25, -0.2) is 0 Å². The summed E-state index contributed by atoms with van der Waals surface area (Å²) in [5, 5.41) is 3.74. The number of nitrogens with one attached hydrogen (secondary N) is 1. The molecular weight excluding hydrogens is 242 g/mol. The monoisotopic (exact) mass is 273 g/mol. The molecule has 1 aromatic carbocycles. The number of unbranched alkanes of at least 4 members (excludes halogenated alkanes) is 1. The lowest BCUT2D eigenvalue weighted by atomic mass is 9.77. The fourth-order valence-electron chi connectivity index (χ4n) is 3.70. The van der Waals surface area contributed by atoms with Crippen LogP contribution in [0.3, 0.4) is 0 Å². The minimum absolute atomic E-state index is 0.445. The van der Waals surface area contributed by atoms with Crippen molar-refractivity contribution in [2.24, 2.45) is 5.41 Å². The molecule has 1 atom stereocenters. The van der Waals surface area contributed by atoms with Gasteiger partial charge in [-0.3, -0.25) is 0 Å². The van der Waals surface area contributed by atoms with Crippen LogP contribution in [-0.2, 0) is 6.42 Å². The van der Waals surface area contributed by atoms with Crippen molar-refractivity contribution in [2.45, 2.75) is 71.8 Å². The van der Waals surface area contributed by atoms with Crippen molar-refractivity contribution in [3.05, 3.63) is 35.4 Å². The zero-order valence-electron chi connectivity index (χ0n) is 13.5. The molecule has 0 saturated heterocycles. The van der Waals surface area contributed by atoms with Crippen LogP contribution in [0.25, 0.3) is 0 Å². The quantitative estimate of drug-likeness (QED) is 0.714. The SMILES string of the molecule is CCCCc1ccc(C(NCC)C2(C)CCCC2)cc1. The van der Waals surface area contributed by atoms with E-state index in [0.29, 0.717) is 11.5 Å². The Bertz CT molecular complexity index is 387. The van der Waals surface area contributed by atoms with Crippen molar-refractivity contribution in [1.82, 2.24) is 5.32 Å². The van der Waals surface area contributed by atoms with Gasteiger partial charge in [0.15, 0.2) is 0 Å². The van der Waals surface area contributed by atoms with E-state index < -0.39 is 0 Å². The summed E-state index contributed by atoms with van der Waals surface area (Å²) in [6.07, 6.45) is 9.32. The first-order chi connectivity index (χ1) is 9.69. The minimum atomic E-state index is 0.445. The molecule has 0 heterocycles. The van der Waals surface area contributed by atoms with Gasteiger partial charge in [-0.1, -0.05) is 64.3 Å². The van der Waals surface area contributed by atoms with E-state index in [2.05, 4.69) is 50.4 Å². The van der Waals surface area contributed by atoms with Crippen LogP contribution in [0.1, 0.15) is 76.5 Å². The second-order valence-corrected chi connectivity index (χ2v) is 6.70. The van der Waals surface area contributed by atoms with Gasteiger partial charge in [0, 0.05) is 6.04 Å². The molecule has 20 heavy (non-hydrogen) atoms. The number of hydrogen-bond donors (Lipinski definition) is 1. The Morgan fingerprint density at radius 1 is 1.10 bits per heavy atom. The Morgan fingerprint density at radius 3 is 2.30 bits per heavy atom. The molecule has 0 amide bonds. The van der Waals surface area contributed by atoms with E-state index in [1.807, 2.05) is 0 Å². The zero-order chi connectivity index (χ0) is 14.4. The number of aryl methyl sites for hydroxylation is 1. The smallest absolute Gasteiger partial charge is 0.0374 e. The molecule has 1 aromatic rings. The molecule has 0 aliphatic heterocycles. The van der Waals surface area contributed by atoms with Crippen molar-refractivity contribution in [1.29, 1.82) is 0 Å². The van der Waals surface area contributed by atoms with Crippen LogP contribution in [0.5, 0.6) is 0 Å². The van der Waals surface area contributed by atoms with Crippen LogP contribution >= 0.6 is 0 Å². The minimum Gasteiger partial charge on any atom is -0.310 e. The van der Waals surface area contributed by atoms with Gasteiger partial charge in [-0.05, 0) is 48.8 Å². The molecule has 0 radical (unpaired) electrons. The fraction of sp³-hybridized carbons (Fsp3) is 0.684. The van der Waals surface area contributed by atoms with Crippen LogP contribution < -0.4 is 5.32 Å². The maximum absolute atomic E-state index is 3.74. The second-order valence-electron chi connectivity index (χ2n) is 6.70. The van der Waals surface area contributed by atoms with Crippen LogP contribution in [0.4, 0.5) is 0 Å². The molecule has 2 rings (SSSR count). The summed E-state index contributed by atoms with van der Waals surface area (Å²) in [7, 11) is 0. The fourth-order valence-corrected chi connectivity index (χ4v) is 3.70. The highest BCUT2D eigenvalue weighted by Gasteiger charge is 2.37. The molecule has 0 aromatic heterocycles. The van der Waals surface area contributed by atoms with Crippen molar-refractivity contribution < 1.29 is 0 Å². The molecule has 1 nitrogen and oxygen atoms in total. The summed E-state index contributed by atoms with van der Waals surface area (Å²) in [6, 6.07) is 9.93. The van der Waals surface area contributed by atoms with Crippen molar-refractivity contribution in [3.8, 4) is 0 Å². The highest BCUT2D eigenvalue weighted by molar-refractivity contribution is 5.27. The third kappa shape index (κ3) is 3.63. The highest BCUT2D eigenvalue weighted by Crippen LogP contribution is 2.47. The number of hydrogen-bond acceptors (Lipinski definition) is 1. The summed E-state index contributed by atoms with van der Waals surface area (Å²) in [5.41, 5.74) is 3.42. The summed E-state index contributed by atoms with van der Waals surface area (Å²) < 4.78 is 0. The van der Waals surface area contributed by atoms with Gasteiger partial charge in [0.05, 0.1) is 0 Å². The zero-order valence-corrected chi connectivity index (χ0v) is 13.5. The van der Waals surface area contributed by atoms with Gasteiger partial charge in [0.25, 0.3) is 0 Å². The van der Waals surface area contributed by atoms with Gasteiger partial charge in [0.1, 0.15) is 0 Å². The topological polar surface area (TPSA) is 12.0 Å². The molecular formula is C19H31N. The van der Waals surface area contributed by atoms with Crippen LogP contribution in [0.15, 0.2) is 24.3 Å². The van der Waals surface area contributed by atoms with E-state index in [4.69, 9.17) is 0 Å². The highest BCUT2D eigenvalue weighted by atomic mass is 14.9. The van der Waals surface area contributed by atoms with Gasteiger partial charge in [-0.2, -0.15) is 0 Å². The molecule has 1 N–H and O–H groups in total. The van der Waals surface area contributed by atoms with E-state index in [-0.39, 0.29) is 0 Å². The number of benzene rings is 1. The number of rotatable bonds is 7. The third-order valence-corrected chi connectivity index (χ3v) is 4.98. The summed E-state index contributed by atoms with van der Waals surface area (Å²) in [4.78, 5) is 0. The largest absolute Gasteiger partial charge is 0.310 e. The first kappa shape index (κ1) is 15.6. The van der Waals surface area contributed by atoms with E-state index in [1.165, 1.54) is 56.1 Å². The molecule has 1 unspecified atom stereocenters. The molecule has 1 fully saturated rings. The Labute approximate surface area is 125 Å². The Morgan fingerprint density at radius 2 is 1.75 bits per heavy atom. The lowest BCUT2D eigenvalue weighted by Gasteiger charge is -2.35. The average Bonchev–Trinajstić information content (AvgIpc) is 2.91. The van der Waals surface area contributed by atoms with Gasteiger partial charge < -0.3 is 5.32 Å². The van der Waals surface area contributed by atoms with Crippen LogP contribution in [-0.4, -0.2) is 6.54 Å². The molecule has 0 spiro atoms. The van der Waals surface area contributed by atoms with E-state index >= 15 is 0 Å². The Balaban J connectivity index is 2.12. The van der Waals surface area contributed by atoms with Gasteiger partial charge in [-0.15, -0.1) is 0 Å².